The Kier molecular flexibility index (Phi) is 6.67. The molecule has 106 valence electrons. The first-order chi connectivity index (χ1) is 8.17. The molecule has 1 amide bonds. The number of nitrogens with one attached hydrogen (secondary N) is 2. The third-order valence-corrected chi connectivity index (χ3v) is 2.09. The molecule has 0 aliphatic rings. The first-order valence-corrected chi connectivity index (χ1v) is 5.32. The maximum atomic E-state index is 11.8. The number of esters is 1. The van der Waals surface area contributed by atoms with Gasteiger partial charge < -0.3 is 10.1 Å². The van der Waals surface area contributed by atoms with Crippen LogP contribution >= 0.6 is 0 Å². The second-order valence-electron chi connectivity index (χ2n) is 4.02. The maximum Gasteiger partial charge on any atom is 0.405 e. The number of alkyl halides is 3. The summed E-state index contributed by atoms with van der Waals surface area (Å²) in [5.74, 6) is -1.54. The van der Waals surface area contributed by atoms with E-state index >= 15 is 0 Å². The minimum atomic E-state index is -4.45. The fourth-order valence-electron chi connectivity index (χ4n) is 1.18. The van der Waals surface area contributed by atoms with E-state index in [9.17, 15) is 22.8 Å². The van der Waals surface area contributed by atoms with Gasteiger partial charge in [-0.1, -0.05) is 13.8 Å². The van der Waals surface area contributed by atoms with Crippen molar-refractivity contribution >= 4 is 11.9 Å². The third kappa shape index (κ3) is 7.10. The Morgan fingerprint density at radius 3 is 2.22 bits per heavy atom. The molecule has 0 heterocycles. The molecular weight excluding hydrogens is 253 g/mol. The molecule has 8 heteroatoms. The minimum Gasteiger partial charge on any atom is -0.468 e. The summed E-state index contributed by atoms with van der Waals surface area (Å²) in [7, 11) is 1.20. The molecule has 0 aliphatic heterocycles. The van der Waals surface area contributed by atoms with Gasteiger partial charge in [0.1, 0.15) is 12.6 Å². The number of ether oxygens (including phenoxy) is 1. The van der Waals surface area contributed by atoms with Crippen LogP contribution in [0.3, 0.4) is 0 Å². The smallest absolute Gasteiger partial charge is 0.405 e. The summed E-state index contributed by atoms with van der Waals surface area (Å²) in [6.45, 7) is 1.68. The first kappa shape index (κ1) is 16.7. The molecule has 2 N–H and O–H groups in total. The molecule has 0 radical (unpaired) electrons. The van der Waals surface area contributed by atoms with Crippen LogP contribution in [-0.2, 0) is 14.3 Å². The van der Waals surface area contributed by atoms with Crippen molar-refractivity contribution in [2.45, 2.75) is 26.1 Å². The second kappa shape index (κ2) is 7.20. The largest absolute Gasteiger partial charge is 0.468 e. The summed E-state index contributed by atoms with van der Waals surface area (Å²) >= 11 is 0. The van der Waals surface area contributed by atoms with E-state index < -0.39 is 30.6 Å². The Bertz CT molecular complexity index is 293. The zero-order chi connectivity index (χ0) is 14.3. The molecule has 0 rings (SSSR count). The van der Waals surface area contributed by atoms with E-state index in [-0.39, 0.29) is 12.5 Å². The Hall–Kier alpha value is -1.31. The van der Waals surface area contributed by atoms with E-state index in [1.165, 1.54) is 7.11 Å². The molecule has 0 aliphatic carbocycles. The highest BCUT2D eigenvalue weighted by Crippen LogP contribution is 2.11. The van der Waals surface area contributed by atoms with Crippen LogP contribution < -0.4 is 10.6 Å². The Morgan fingerprint density at radius 1 is 1.28 bits per heavy atom. The third-order valence-electron chi connectivity index (χ3n) is 2.09. The van der Waals surface area contributed by atoms with E-state index in [1.54, 1.807) is 19.2 Å². The number of rotatable bonds is 6. The molecule has 1 unspecified atom stereocenters. The molecule has 0 fully saturated rings. The number of methoxy groups -OCH3 is 1. The topological polar surface area (TPSA) is 67.4 Å². The Balaban J connectivity index is 4.12. The number of hydrogen-bond donors (Lipinski definition) is 2. The molecule has 0 bridgehead atoms. The minimum absolute atomic E-state index is 0.145. The predicted molar refractivity (Wildman–Crippen MR) is 57.7 cm³/mol. The molecular formula is C10H17F3N2O3. The molecule has 1 atom stereocenters. The summed E-state index contributed by atoms with van der Waals surface area (Å²) in [4.78, 5) is 22.4. The fraction of sp³-hybridized carbons (Fsp3) is 0.800. The molecule has 0 saturated carbocycles. The molecule has 0 aromatic carbocycles. The fourth-order valence-corrected chi connectivity index (χ4v) is 1.18. The highest BCUT2D eigenvalue weighted by atomic mass is 19.4. The number of halogens is 3. The van der Waals surface area contributed by atoms with Gasteiger partial charge in [-0.05, 0) is 5.92 Å². The summed E-state index contributed by atoms with van der Waals surface area (Å²) in [6, 6.07) is -0.730. The van der Waals surface area contributed by atoms with Crippen LogP contribution in [0.4, 0.5) is 13.2 Å². The molecule has 18 heavy (non-hydrogen) atoms. The van der Waals surface area contributed by atoms with Crippen molar-refractivity contribution in [1.82, 2.24) is 10.6 Å². The van der Waals surface area contributed by atoms with Gasteiger partial charge in [0.15, 0.2) is 0 Å². The van der Waals surface area contributed by atoms with Gasteiger partial charge in [0.2, 0.25) is 5.91 Å². The van der Waals surface area contributed by atoms with Gasteiger partial charge in [0.05, 0.1) is 13.7 Å². The molecule has 0 saturated heterocycles. The summed E-state index contributed by atoms with van der Waals surface area (Å²) in [6.07, 6.45) is -4.45. The summed E-state index contributed by atoms with van der Waals surface area (Å²) in [5, 5.41) is 4.25. The van der Waals surface area contributed by atoms with Crippen LogP contribution in [0.25, 0.3) is 0 Å². The van der Waals surface area contributed by atoms with E-state index in [0.29, 0.717) is 0 Å². The lowest BCUT2D eigenvalue weighted by atomic mass is 10.0. The zero-order valence-electron chi connectivity index (χ0n) is 10.4. The average molecular weight is 270 g/mol. The van der Waals surface area contributed by atoms with Crippen molar-refractivity contribution in [2.75, 3.05) is 20.2 Å². The van der Waals surface area contributed by atoms with E-state index in [2.05, 4.69) is 10.1 Å². The first-order valence-electron chi connectivity index (χ1n) is 5.32. The monoisotopic (exact) mass is 270 g/mol. The Morgan fingerprint density at radius 2 is 1.83 bits per heavy atom. The van der Waals surface area contributed by atoms with Crippen molar-refractivity contribution in [3.63, 3.8) is 0 Å². The highest BCUT2D eigenvalue weighted by molar-refractivity contribution is 5.80. The molecule has 0 aromatic heterocycles. The van der Waals surface area contributed by atoms with Crippen molar-refractivity contribution in [2.24, 2.45) is 5.92 Å². The number of carbonyl (C=O) groups is 2. The standard InChI is InChI=1S/C10H17F3N2O3/c1-6(2)8(9(17)18-3)14-4-7(16)15-5-10(11,12)13/h6,8,14H,4-5H2,1-3H3,(H,15,16). The van der Waals surface area contributed by atoms with Crippen molar-refractivity contribution in [3.05, 3.63) is 0 Å². The van der Waals surface area contributed by atoms with Gasteiger partial charge in [-0.3, -0.25) is 14.9 Å². The molecule has 0 aromatic rings. The van der Waals surface area contributed by atoms with Gasteiger partial charge in [0.25, 0.3) is 0 Å². The maximum absolute atomic E-state index is 11.8. The van der Waals surface area contributed by atoms with Crippen LogP contribution in [0.5, 0.6) is 0 Å². The van der Waals surface area contributed by atoms with E-state index in [1.807, 2.05) is 0 Å². The lowest BCUT2D eigenvalue weighted by molar-refractivity contribution is -0.145. The van der Waals surface area contributed by atoms with Crippen LogP contribution in [0.15, 0.2) is 0 Å². The Labute approximate surface area is 103 Å². The highest BCUT2D eigenvalue weighted by Gasteiger charge is 2.28. The van der Waals surface area contributed by atoms with Gasteiger partial charge in [0, 0.05) is 0 Å². The van der Waals surface area contributed by atoms with Crippen LogP contribution in [0, 0.1) is 5.92 Å². The molecule has 0 spiro atoms. The van der Waals surface area contributed by atoms with Crippen LogP contribution in [0.1, 0.15) is 13.8 Å². The SMILES string of the molecule is COC(=O)C(NCC(=O)NCC(F)(F)F)C(C)C. The van der Waals surface area contributed by atoms with E-state index in [4.69, 9.17) is 0 Å². The average Bonchev–Trinajstić information content (AvgIpc) is 2.24. The van der Waals surface area contributed by atoms with Gasteiger partial charge in [-0.2, -0.15) is 13.2 Å². The van der Waals surface area contributed by atoms with Crippen molar-refractivity contribution < 1.29 is 27.5 Å². The number of carbonyl (C=O) groups excluding carboxylic acids is 2. The van der Waals surface area contributed by atoms with Gasteiger partial charge >= 0.3 is 12.1 Å². The number of amides is 1. The number of hydrogen-bond acceptors (Lipinski definition) is 4. The lowest BCUT2D eigenvalue weighted by Crippen LogP contribution is -2.47. The second-order valence-corrected chi connectivity index (χ2v) is 4.02. The van der Waals surface area contributed by atoms with Gasteiger partial charge in [-0.25, -0.2) is 0 Å². The van der Waals surface area contributed by atoms with Crippen LogP contribution in [-0.4, -0.2) is 44.3 Å². The normalized spacial score (nSPS) is 13.3. The van der Waals surface area contributed by atoms with Crippen LogP contribution in [0.2, 0.25) is 0 Å². The van der Waals surface area contributed by atoms with Crippen molar-refractivity contribution in [3.8, 4) is 0 Å². The quantitative estimate of drug-likeness (QED) is 0.688. The van der Waals surface area contributed by atoms with Gasteiger partial charge in [-0.15, -0.1) is 0 Å². The van der Waals surface area contributed by atoms with E-state index in [0.717, 1.165) is 0 Å². The predicted octanol–water partition coefficient (Wildman–Crippen LogP) is 0.452. The summed E-state index contributed by atoms with van der Waals surface area (Å²) in [5.41, 5.74) is 0. The molecule has 5 nitrogen and oxygen atoms in total. The lowest BCUT2D eigenvalue weighted by Gasteiger charge is -2.19. The van der Waals surface area contributed by atoms with Crippen molar-refractivity contribution in [1.29, 1.82) is 0 Å². The summed E-state index contributed by atoms with van der Waals surface area (Å²) < 4.78 is 40.0. The zero-order valence-corrected chi connectivity index (χ0v) is 10.4.